The van der Waals surface area contributed by atoms with Crippen LogP contribution in [-0.2, 0) is 4.79 Å². The van der Waals surface area contributed by atoms with Crippen molar-refractivity contribution in [3.63, 3.8) is 0 Å². The quantitative estimate of drug-likeness (QED) is 0.553. The molecule has 2 aromatic carbocycles. The maximum Gasteiger partial charge on any atom is 0.276 e. The minimum Gasteiger partial charge on any atom is -0.493 e. The first-order chi connectivity index (χ1) is 14.7. The number of benzene rings is 2. The van der Waals surface area contributed by atoms with Gasteiger partial charge in [-0.2, -0.15) is 0 Å². The molecule has 2 heterocycles. The molecule has 6 nitrogen and oxygen atoms in total. The lowest BCUT2D eigenvalue weighted by molar-refractivity contribution is -0.116. The summed E-state index contributed by atoms with van der Waals surface area (Å²) in [6, 6.07) is 15.5. The molecule has 2 aromatic rings. The van der Waals surface area contributed by atoms with E-state index in [0.717, 1.165) is 34.7 Å². The summed E-state index contributed by atoms with van der Waals surface area (Å²) >= 11 is 1.43. The van der Waals surface area contributed by atoms with Gasteiger partial charge in [-0.15, -0.1) is 11.7 Å². The van der Waals surface area contributed by atoms with E-state index in [9.17, 15) is 4.79 Å². The van der Waals surface area contributed by atoms with E-state index in [4.69, 9.17) is 14.8 Å². The highest BCUT2D eigenvalue weighted by atomic mass is 32.2. The fourth-order valence-corrected chi connectivity index (χ4v) is 3.97. The molecule has 0 fully saturated rings. The van der Waals surface area contributed by atoms with Crippen LogP contribution in [0.1, 0.15) is 31.5 Å². The first kappa shape index (κ1) is 20.2. The lowest BCUT2D eigenvalue weighted by Crippen LogP contribution is -2.50. The van der Waals surface area contributed by atoms with Crippen LogP contribution in [0.4, 0.5) is 0 Å². The Bertz CT molecular complexity index is 1110. The largest absolute Gasteiger partial charge is 0.493 e. The molecular formula is C23H24N4O2S. The molecule has 4 rings (SSSR count). The lowest BCUT2D eigenvalue weighted by Gasteiger charge is -2.34. The molecule has 1 N–H and O–H groups in total. The number of nitrogens with zero attached hydrogens (tertiary/aromatic N) is 3. The summed E-state index contributed by atoms with van der Waals surface area (Å²) in [4.78, 5) is 18.0. The minimum atomic E-state index is -0.488. The second-order valence-electron chi connectivity index (χ2n) is 6.91. The Morgan fingerprint density at radius 3 is 2.87 bits per heavy atom. The Morgan fingerprint density at radius 2 is 2.03 bits per heavy atom. The zero-order valence-electron chi connectivity index (χ0n) is 16.9. The molecule has 154 valence electrons. The van der Waals surface area contributed by atoms with Gasteiger partial charge in [0.2, 0.25) is 0 Å². The van der Waals surface area contributed by atoms with E-state index in [2.05, 4.69) is 18.8 Å². The number of carbonyl (C=O) groups excluding carboxylic acids is 1. The zero-order chi connectivity index (χ0) is 20.9. The van der Waals surface area contributed by atoms with E-state index in [1.54, 1.807) is 11.1 Å². The summed E-state index contributed by atoms with van der Waals surface area (Å²) < 4.78 is 6.05. The second-order valence-corrected chi connectivity index (χ2v) is 7.92. The van der Waals surface area contributed by atoms with Crippen molar-refractivity contribution in [3.05, 3.63) is 77.3 Å². The second kappa shape index (κ2) is 9.17. The summed E-state index contributed by atoms with van der Waals surface area (Å²) in [6.07, 6.45) is 3.33. The predicted molar refractivity (Wildman–Crippen MR) is 120 cm³/mol. The Morgan fingerprint density at radius 1 is 1.23 bits per heavy atom. The van der Waals surface area contributed by atoms with Crippen LogP contribution in [0.15, 0.2) is 71.3 Å². The molecule has 0 unspecified atom stereocenters. The number of nitrogens with one attached hydrogen (secondary N) is 1. The fourth-order valence-electron chi connectivity index (χ4n) is 3.38. The normalized spacial score (nSPS) is 17.3. The Kier molecular flexibility index (Phi) is 6.18. The Balaban J connectivity index is 1.84. The van der Waals surface area contributed by atoms with Gasteiger partial charge in [-0.3, -0.25) is 15.1 Å². The number of hydrogen-bond donors (Lipinski definition) is 1. The van der Waals surface area contributed by atoms with Gasteiger partial charge < -0.3 is 4.74 Å². The lowest BCUT2D eigenvalue weighted by atomic mass is 10.1. The van der Waals surface area contributed by atoms with Crippen LogP contribution >= 0.6 is 11.8 Å². The number of fused-ring (bicyclic) bond motifs is 2. The van der Waals surface area contributed by atoms with E-state index in [1.807, 2.05) is 48.5 Å². The molecule has 0 aliphatic carbocycles. The summed E-state index contributed by atoms with van der Waals surface area (Å²) in [6.45, 7) is 6.51. The number of amides is 1. The van der Waals surface area contributed by atoms with Crippen LogP contribution in [0.3, 0.4) is 0 Å². The molecule has 1 amide bonds. The number of carbonyl (C=O) groups is 1. The molecular weight excluding hydrogens is 396 g/mol. The van der Waals surface area contributed by atoms with Crippen LogP contribution in [0.5, 0.6) is 5.75 Å². The van der Waals surface area contributed by atoms with Crippen LogP contribution in [-0.4, -0.2) is 28.4 Å². The topological polar surface area (TPSA) is 66.3 Å². The smallest absolute Gasteiger partial charge is 0.276 e. The summed E-state index contributed by atoms with van der Waals surface area (Å²) in [7, 11) is 0. The maximum absolute atomic E-state index is 13.1. The highest BCUT2D eigenvalue weighted by Gasteiger charge is 2.35. The minimum absolute atomic E-state index is 0.187. The molecule has 0 bridgehead atoms. The molecule has 0 spiro atoms. The van der Waals surface area contributed by atoms with E-state index in [1.165, 1.54) is 11.8 Å². The van der Waals surface area contributed by atoms with Crippen molar-refractivity contribution in [3.8, 4) is 5.75 Å². The van der Waals surface area contributed by atoms with E-state index in [-0.39, 0.29) is 5.91 Å². The van der Waals surface area contributed by atoms with Crippen molar-refractivity contribution in [2.75, 3.05) is 12.4 Å². The summed E-state index contributed by atoms with van der Waals surface area (Å²) in [5.41, 5.74) is 1.38. The maximum atomic E-state index is 13.1. The molecule has 0 saturated heterocycles. The Labute approximate surface area is 180 Å². The van der Waals surface area contributed by atoms with E-state index >= 15 is 0 Å². The molecule has 0 radical (unpaired) electrons. The summed E-state index contributed by atoms with van der Waals surface area (Å²) in [5, 5.41) is 11.4. The van der Waals surface area contributed by atoms with Crippen molar-refractivity contribution in [2.24, 2.45) is 10.1 Å². The highest BCUT2D eigenvalue weighted by Crippen LogP contribution is 2.35. The van der Waals surface area contributed by atoms with Crippen molar-refractivity contribution in [2.45, 2.75) is 25.9 Å². The third kappa shape index (κ3) is 3.98. The van der Waals surface area contributed by atoms with Gasteiger partial charge in [0.25, 0.3) is 5.91 Å². The standard InChI is InChI=1S/C23H24N4O2S/c1-3-5-14-29-19-13-9-7-11-17(19)21-24-18-12-8-6-10-16(18)20-22(28)25-23(26-27(20)21)30-15-4-2/h4,6-13,21H,2-3,5,14-15H2,1H3,(H,25,26,28)/t21-/m0/s1. The number of para-hydroxylation sites is 2. The van der Waals surface area contributed by atoms with E-state index in [0.29, 0.717) is 23.2 Å². The SMILES string of the molecule is C=CCSC1=NN2C(=c3ccccc3=N[C@@H]2c2ccccc2OCCCC)C(=O)N1. The van der Waals surface area contributed by atoms with Crippen LogP contribution in [0, 0.1) is 0 Å². The van der Waals surface area contributed by atoms with Crippen molar-refractivity contribution < 1.29 is 9.53 Å². The molecule has 30 heavy (non-hydrogen) atoms. The van der Waals surface area contributed by atoms with Crippen LogP contribution < -0.4 is 20.6 Å². The molecule has 2 aliphatic heterocycles. The molecule has 2 aliphatic rings. The van der Waals surface area contributed by atoms with E-state index < -0.39 is 6.17 Å². The number of unbranched alkanes of at least 4 members (excludes halogenated alkanes) is 1. The van der Waals surface area contributed by atoms with Gasteiger partial charge in [-0.25, -0.2) is 5.01 Å². The van der Waals surface area contributed by atoms with Gasteiger partial charge in [-0.1, -0.05) is 67.6 Å². The van der Waals surface area contributed by atoms with Crippen LogP contribution in [0.25, 0.3) is 5.70 Å². The van der Waals surface area contributed by atoms with Gasteiger partial charge >= 0.3 is 0 Å². The van der Waals surface area contributed by atoms with Gasteiger partial charge in [0.1, 0.15) is 11.4 Å². The summed E-state index contributed by atoms with van der Waals surface area (Å²) in [5.74, 6) is 1.23. The number of thioether (sulfide) groups is 1. The number of hydrazone groups is 1. The Hall–Kier alpha value is -3.06. The van der Waals surface area contributed by atoms with Gasteiger partial charge in [0.05, 0.1) is 12.0 Å². The van der Waals surface area contributed by atoms with Crippen LogP contribution in [0.2, 0.25) is 0 Å². The third-order valence-corrected chi connectivity index (χ3v) is 5.67. The first-order valence-corrected chi connectivity index (χ1v) is 11.0. The van der Waals surface area contributed by atoms with Crippen molar-refractivity contribution >= 4 is 28.5 Å². The highest BCUT2D eigenvalue weighted by molar-refractivity contribution is 8.14. The molecule has 7 heteroatoms. The number of rotatable bonds is 7. The van der Waals surface area contributed by atoms with Gasteiger partial charge in [0, 0.05) is 16.5 Å². The van der Waals surface area contributed by atoms with Gasteiger partial charge in [0.15, 0.2) is 11.3 Å². The molecule has 0 saturated carbocycles. The third-order valence-electron chi connectivity index (χ3n) is 4.81. The van der Waals surface area contributed by atoms with Crippen molar-refractivity contribution in [1.82, 2.24) is 10.3 Å². The van der Waals surface area contributed by atoms with Gasteiger partial charge in [-0.05, 0) is 18.6 Å². The average Bonchev–Trinajstić information content (AvgIpc) is 2.77. The number of amidine groups is 1. The van der Waals surface area contributed by atoms with Crippen molar-refractivity contribution in [1.29, 1.82) is 0 Å². The number of ether oxygens (including phenoxy) is 1. The molecule has 1 atom stereocenters. The molecule has 0 aromatic heterocycles. The first-order valence-electron chi connectivity index (χ1n) is 10.0. The monoisotopic (exact) mass is 420 g/mol. The predicted octanol–water partition coefficient (Wildman–Crippen LogP) is 2.93. The number of hydrogen-bond acceptors (Lipinski definition) is 6. The average molecular weight is 421 g/mol. The zero-order valence-corrected chi connectivity index (χ0v) is 17.7. The fraction of sp³-hybridized carbons (Fsp3) is 0.261.